The van der Waals surface area contributed by atoms with E-state index in [9.17, 15) is 0 Å². The molecule has 0 rings (SSSR count). The van der Waals surface area contributed by atoms with Crippen LogP contribution in [0.1, 0.15) is 39.5 Å². The van der Waals surface area contributed by atoms with Gasteiger partial charge in [0.25, 0.3) is 0 Å². The van der Waals surface area contributed by atoms with Crippen molar-refractivity contribution < 1.29 is 4.74 Å². The zero-order valence-electron chi connectivity index (χ0n) is 9.18. The lowest BCUT2D eigenvalue weighted by molar-refractivity contribution is 0.187. The van der Waals surface area contributed by atoms with Gasteiger partial charge in [-0.3, -0.25) is 11.3 Å². The van der Waals surface area contributed by atoms with Gasteiger partial charge in [-0.1, -0.05) is 13.8 Å². The maximum Gasteiger partial charge on any atom is 0.0462 e. The Labute approximate surface area is 82.0 Å². The number of methoxy groups -OCH3 is 1. The molecule has 0 spiro atoms. The molecule has 0 bridgehead atoms. The number of hydrogen-bond donors (Lipinski definition) is 2. The van der Waals surface area contributed by atoms with Crippen LogP contribution in [0.15, 0.2) is 0 Å². The molecule has 3 N–H and O–H groups in total. The molecule has 0 aromatic rings. The number of ether oxygens (including phenoxy) is 1. The molecule has 0 amide bonds. The fourth-order valence-corrected chi connectivity index (χ4v) is 1.32. The van der Waals surface area contributed by atoms with Crippen molar-refractivity contribution in [3.05, 3.63) is 0 Å². The van der Waals surface area contributed by atoms with Crippen molar-refractivity contribution in [3.63, 3.8) is 0 Å². The second-order valence-electron chi connectivity index (χ2n) is 3.97. The zero-order chi connectivity index (χ0) is 10.1. The second-order valence-corrected chi connectivity index (χ2v) is 3.97. The maximum atomic E-state index is 5.45. The van der Waals surface area contributed by atoms with Crippen molar-refractivity contribution in [2.24, 2.45) is 11.8 Å². The van der Waals surface area contributed by atoms with Crippen LogP contribution in [0, 0.1) is 5.92 Å². The fraction of sp³-hybridized carbons (Fsp3) is 1.00. The van der Waals surface area contributed by atoms with Crippen molar-refractivity contribution in [2.75, 3.05) is 13.7 Å². The molecule has 0 fully saturated rings. The normalized spacial score (nSPS) is 13.6. The third kappa shape index (κ3) is 8.22. The van der Waals surface area contributed by atoms with Crippen LogP contribution >= 0.6 is 0 Å². The molecular weight excluding hydrogens is 164 g/mol. The van der Waals surface area contributed by atoms with E-state index in [1.54, 1.807) is 7.11 Å². The van der Waals surface area contributed by atoms with Crippen LogP contribution in [-0.4, -0.2) is 19.8 Å². The SMILES string of the molecule is COCCCC(CCC(C)C)NN. The summed E-state index contributed by atoms with van der Waals surface area (Å²) in [5.41, 5.74) is 2.86. The molecule has 0 heterocycles. The van der Waals surface area contributed by atoms with Crippen molar-refractivity contribution in [1.29, 1.82) is 0 Å². The van der Waals surface area contributed by atoms with Crippen LogP contribution in [-0.2, 0) is 4.74 Å². The molecule has 1 unspecified atom stereocenters. The van der Waals surface area contributed by atoms with E-state index in [4.69, 9.17) is 10.6 Å². The number of rotatable bonds is 8. The predicted octanol–water partition coefficient (Wildman–Crippen LogP) is 1.68. The summed E-state index contributed by atoms with van der Waals surface area (Å²) in [5.74, 6) is 6.21. The first-order valence-electron chi connectivity index (χ1n) is 5.15. The molecule has 0 aliphatic heterocycles. The molecule has 0 aromatic heterocycles. The van der Waals surface area contributed by atoms with Gasteiger partial charge in [0.1, 0.15) is 0 Å². The van der Waals surface area contributed by atoms with E-state index in [1.807, 2.05) is 0 Å². The van der Waals surface area contributed by atoms with Crippen molar-refractivity contribution in [1.82, 2.24) is 5.43 Å². The molecular formula is C10H24N2O. The van der Waals surface area contributed by atoms with Crippen LogP contribution in [0.2, 0.25) is 0 Å². The highest BCUT2D eigenvalue weighted by Gasteiger charge is 2.06. The highest BCUT2D eigenvalue weighted by molar-refractivity contribution is 4.64. The third-order valence-corrected chi connectivity index (χ3v) is 2.23. The first kappa shape index (κ1) is 12.9. The summed E-state index contributed by atoms with van der Waals surface area (Å²) in [6.45, 7) is 5.31. The molecule has 0 saturated carbocycles. The van der Waals surface area contributed by atoms with Gasteiger partial charge in [0.05, 0.1) is 0 Å². The summed E-state index contributed by atoms with van der Waals surface area (Å²) in [6, 6.07) is 0.456. The Bertz CT molecular complexity index is 107. The van der Waals surface area contributed by atoms with Crippen LogP contribution in [0.25, 0.3) is 0 Å². The van der Waals surface area contributed by atoms with Gasteiger partial charge in [0.2, 0.25) is 0 Å². The standard InChI is InChI=1S/C10H24N2O/c1-9(2)6-7-10(12-11)5-4-8-13-3/h9-10,12H,4-8,11H2,1-3H3. The second kappa shape index (κ2) is 8.48. The lowest BCUT2D eigenvalue weighted by Gasteiger charge is -2.16. The maximum absolute atomic E-state index is 5.45. The van der Waals surface area contributed by atoms with Crippen LogP contribution < -0.4 is 11.3 Å². The molecule has 0 aliphatic rings. The minimum Gasteiger partial charge on any atom is -0.385 e. The van der Waals surface area contributed by atoms with E-state index < -0.39 is 0 Å². The summed E-state index contributed by atoms with van der Waals surface area (Å²) < 4.78 is 4.99. The molecule has 0 saturated heterocycles. The minimum absolute atomic E-state index is 0.456. The van der Waals surface area contributed by atoms with Crippen LogP contribution in [0.4, 0.5) is 0 Å². The summed E-state index contributed by atoms with van der Waals surface area (Å²) in [4.78, 5) is 0. The molecule has 0 aromatic carbocycles. The van der Waals surface area contributed by atoms with Gasteiger partial charge in [-0.05, 0) is 31.6 Å². The first-order chi connectivity index (χ1) is 6.20. The van der Waals surface area contributed by atoms with Crippen molar-refractivity contribution in [3.8, 4) is 0 Å². The van der Waals surface area contributed by atoms with Crippen LogP contribution in [0.3, 0.4) is 0 Å². The molecule has 13 heavy (non-hydrogen) atoms. The number of hydrazine groups is 1. The third-order valence-electron chi connectivity index (χ3n) is 2.23. The predicted molar refractivity (Wildman–Crippen MR) is 56.3 cm³/mol. The number of hydrogen-bond acceptors (Lipinski definition) is 3. The Balaban J connectivity index is 3.39. The zero-order valence-corrected chi connectivity index (χ0v) is 9.18. The van der Waals surface area contributed by atoms with E-state index in [1.165, 1.54) is 6.42 Å². The van der Waals surface area contributed by atoms with Gasteiger partial charge in [0, 0.05) is 19.8 Å². The van der Waals surface area contributed by atoms with E-state index in [2.05, 4.69) is 19.3 Å². The summed E-state index contributed by atoms with van der Waals surface area (Å²) >= 11 is 0. The monoisotopic (exact) mass is 188 g/mol. The van der Waals surface area contributed by atoms with Crippen LogP contribution in [0.5, 0.6) is 0 Å². The topological polar surface area (TPSA) is 47.3 Å². The lowest BCUT2D eigenvalue weighted by Crippen LogP contribution is -2.35. The van der Waals surface area contributed by atoms with Gasteiger partial charge < -0.3 is 4.74 Å². The Morgan fingerprint density at radius 3 is 2.38 bits per heavy atom. The summed E-state index contributed by atoms with van der Waals surface area (Å²) in [7, 11) is 1.74. The summed E-state index contributed by atoms with van der Waals surface area (Å²) in [6.07, 6.45) is 4.60. The molecule has 1 atom stereocenters. The van der Waals surface area contributed by atoms with Gasteiger partial charge in [-0.25, -0.2) is 0 Å². The van der Waals surface area contributed by atoms with Crippen molar-refractivity contribution in [2.45, 2.75) is 45.6 Å². The van der Waals surface area contributed by atoms with E-state index in [0.29, 0.717) is 6.04 Å². The Hall–Kier alpha value is -0.120. The van der Waals surface area contributed by atoms with E-state index >= 15 is 0 Å². The van der Waals surface area contributed by atoms with Crippen molar-refractivity contribution >= 4 is 0 Å². The molecule has 3 heteroatoms. The van der Waals surface area contributed by atoms with Gasteiger partial charge in [0.15, 0.2) is 0 Å². The highest BCUT2D eigenvalue weighted by Crippen LogP contribution is 2.09. The molecule has 3 nitrogen and oxygen atoms in total. The average Bonchev–Trinajstić information content (AvgIpc) is 2.10. The lowest BCUT2D eigenvalue weighted by atomic mass is 10.0. The Morgan fingerprint density at radius 1 is 1.23 bits per heavy atom. The number of nitrogens with one attached hydrogen (secondary N) is 1. The summed E-state index contributed by atoms with van der Waals surface area (Å²) in [5, 5.41) is 0. The highest BCUT2D eigenvalue weighted by atomic mass is 16.5. The van der Waals surface area contributed by atoms with E-state index in [0.717, 1.165) is 31.8 Å². The molecule has 0 radical (unpaired) electrons. The molecule has 80 valence electrons. The minimum atomic E-state index is 0.456. The van der Waals surface area contributed by atoms with E-state index in [-0.39, 0.29) is 0 Å². The largest absolute Gasteiger partial charge is 0.385 e. The smallest absolute Gasteiger partial charge is 0.0462 e. The fourth-order valence-electron chi connectivity index (χ4n) is 1.32. The average molecular weight is 188 g/mol. The van der Waals surface area contributed by atoms with Gasteiger partial charge in [-0.2, -0.15) is 0 Å². The Kier molecular flexibility index (Phi) is 8.40. The first-order valence-corrected chi connectivity index (χ1v) is 5.15. The molecule has 0 aliphatic carbocycles. The quantitative estimate of drug-likeness (QED) is 0.346. The van der Waals surface area contributed by atoms with Gasteiger partial charge in [-0.15, -0.1) is 0 Å². The Morgan fingerprint density at radius 2 is 1.92 bits per heavy atom. The number of nitrogens with two attached hydrogens (primary N) is 1. The van der Waals surface area contributed by atoms with Gasteiger partial charge >= 0.3 is 0 Å².